The van der Waals surface area contributed by atoms with Gasteiger partial charge < -0.3 is 9.47 Å². The van der Waals surface area contributed by atoms with Crippen molar-refractivity contribution in [2.45, 2.75) is 44.9 Å². The maximum Gasteiger partial charge on any atom is 0.146 e. The quantitative estimate of drug-likeness (QED) is 0.231. The molecule has 3 heteroatoms. The third-order valence-corrected chi connectivity index (χ3v) is 2.86. The predicted octanol–water partition coefficient (Wildman–Crippen LogP) is 4.29. The molecule has 16 heavy (non-hydrogen) atoms. The molecule has 2 nitrogen and oxygen atoms in total. The van der Waals surface area contributed by atoms with Crippen LogP contribution in [0.5, 0.6) is 0 Å². The summed E-state index contributed by atoms with van der Waals surface area (Å²) in [6.07, 6.45) is 13.4. The minimum absolute atomic E-state index is 0.404. The van der Waals surface area contributed by atoms with E-state index in [1.165, 1.54) is 38.5 Å². The standard InChI is InChI=1S/C13H25BrO2/c1-15-13-16-12-10-8-6-4-2-3-5-7-9-11-14/h6,8H,2-5,7,9-13H2,1H3. The van der Waals surface area contributed by atoms with E-state index in [9.17, 15) is 0 Å². The molecule has 0 saturated carbocycles. The van der Waals surface area contributed by atoms with Crippen LogP contribution in [0.4, 0.5) is 0 Å². The third-order valence-electron chi connectivity index (χ3n) is 2.30. The molecule has 0 radical (unpaired) electrons. The Morgan fingerprint density at radius 3 is 2.38 bits per heavy atom. The molecule has 0 aliphatic carbocycles. The number of methoxy groups -OCH3 is 1. The second-order valence-corrected chi connectivity index (χ2v) is 4.61. The van der Waals surface area contributed by atoms with Gasteiger partial charge in [-0.15, -0.1) is 0 Å². The van der Waals surface area contributed by atoms with Gasteiger partial charge in [0.05, 0.1) is 6.61 Å². The highest BCUT2D eigenvalue weighted by Gasteiger charge is 1.88. The van der Waals surface area contributed by atoms with Crippen LogP contribution in [-0.2, 0) is 9.47 Å². The minimum Gasteiger partial charge on any atom is -0.359 e. The van der Waals surface area contributed by atoms with Crippen molar-refractivity contribution in [3.05, 3.63) is 12.2 Å². The molecule has 0 aliphatic rings. The molecule has 0 rings (SSSR count). The van der Waals surface area contributed by atoms with Crippen molar-refractivity contribution in [3.63, 3.8) is 0 Å². The molecule has 0 amide bonds. The van der Waals surface area contributed by atoms with Crippen LogP contribution >= 0.6 is 15.9 Å². The number of allylic oxidation sites excluding steroid dienone is 1. The van der Waals surface area contributed by atoms with Crippen molar-refractivity contribution < 1.29 is 9.47 Å². The normalized spacial score (nSPS) is 11.4. The van der Waals surface area contributed by atoms with Gasteiger partial charge in [-0.05, 0) is 25.7 Å². The van der Waals surface area contributed by atoms with Crippen molar-refractivity contribution in [1.82, 2.24) is 0 Å². The first kappa shape index (κ1) is 16.1. The van der Waals surface area contributed by atoms with E-state index in [1.54, 1.807) is 7.11 Å². The van der Waals surface area contributed by atoms with Gasteiger partial charge in [0.15, 0.2) is 0 Å². The molecule has 0 unspecified atom stereocenters. The summed E-state index contributed by atoms with van der Waals surface area (Å²) in [7, 11) is 1.64. The molecule has 96 valence electrons. The summed E-state index contributed by atoms with van der Waals surface area (Å²) in [5.74, 6) is 0. The Balaban J connectivity index is 2.98. The maximum atomic E-state index is 5.18. The van der Waals surface area contributed by atoms with Crippen molar-refractivity contribution in [2.24, 2.45) is 0 Å². The second-order valence-electron chi connectivity index (χ2n) is 3.82. The summed E-state index contributed by atoms with van der Waals surface area (Å²) >= 11 is 3.45. The predicted molar refractivity (Wildman–Crippen MR) is 73.1 cm³/mol. The van der Waals surface area contributed by atoms with Gasteiger partial charge in [0.1, 0.15) is 6.79 Å². The van der Waals surface area contributed by atoms with Crippen molar-refractivity contribution >= 4 is 15.9 Å². The van der Waals surface area contributed by atoms with E-state index in [4.69, 9.17) is 9.47 Å². The highest BCUT2D eigenvalue weighted by atomic mass is 79.9. The largest absolute Gasteiger partial charge is 0.359 e. The van der Waals surface area contributed by atoms with E-state index in [0.29, 0.717) is 6.79 Å². The molecule has 0 aromatic rings. The first-order chi connectivity index (χ1) is 7.91. The molecule has 0 spiro atoms. The van der Waals surface area contributed by atoms with Gasteiger partial charge in [-0.2, -0.15) is 0 Å². The van der Waals surface area contributed by atoms with E-state index >= 15 is 0 Å². The molecule has 0 aromatic carbocycles. The second kappa shape index (κ2) is 15.1. The van der Waals surface area contributed by atoms with E-state index in [-0.39, 0.29) is 0 Å². The topological polar surface area (TPSA) is 18.5 Å². The molecule has 0 saturated heterocycles. The van der Waals surface area contributed by atoms with Gasteiger partial charge in [-0.1, -0.05) is 47.3 Å². The van der Waals surface area contributed by atoms with Crippen LogP contribution in [0.2, 0.25) is 0 Å². The Morgan fingerprint density at radius 1 is 0.938 bits per heavy atom. The van der Waals surface area contributed by atoms with Crippen LogP contribution in [0.1, 0.15) is 44.9 Å². The number of halogens is 1. The first-order valence-corrected chi connectivity index (χ1v) is 7.31. The van der Waals surface area contributed by atoms with Crippen LogP contribution in [0.15, 0.2) is 12.2 Å². The summed E-state index contributed by atoms with van der Waals surface area (Å²) in [6, 6.07) is 0. The molecule has 0 fully saturated rings. The highest BCUT2D eigenvalue weighted by molar-refractivity contribution is 9.09. The molecule has 0 atom stereocenters. The van der Waals surface area contributed by atoms with E-state index in [1.807, 2.05) is 0 Å². The first-order valence-electron chi connectivity index (χ1n) is 6.19. The zero-order valence-corrected chi connectivity index (χ0v) is 12.0. The van der Waals surface area contributed by atoms with Crippen molar-refractivity contribution in [2.75, 3.05) is 25.8 Å². The molecule has 0 aromatic heterocycles. The zero-order chi connectivity index (χ0) is 11.9. The summed E-state index contributed by atoms with van der Waals surface area (Å²) in [5.41, 5.74) is 0. The van der Waals surface area contributed by atoms with Crippen molar-refractivity contribution in [1.29, 1.82) is 0 Å². The molecule has 0 bridgehead atoms. The van der Waals surface area contributed by atoms with Gasteiger partial charge in [0.2, 0.25) is 0 Å². The molecule has 0 heterocycles. The lowest BCUT2D eigenvalue weighted by Crippen LogP contribution is -1.96. The van der Waals surface area contributed by atoms with Gasteiger partial charge in [-0.25, -0.2) is 0 Å². The Labute approximate surface area is 109 Å². The number of hydrogen-bond acceptors (Lipinski definition) is 2. The van der Waals surface area contributed by atoms with Crippen LogP contribution in [0, 0.1) is 0 Å². The van der Waals surface area contributed by atoms with Crippen LogP contribution < -0.4 is 0 Å². The number of hydrogen-bond donors (Lipinski definition) is 0. The lowest BCUT2D eigenvalue weighted by molar-refractivity contribution is -0.0285. The Morgan fingerprint density at radius 2 is 1.62 bits per heavy atom. The summed E-state index contributed by atoms with van der Waals surface area (Å²) < 4.78 is 9.96. The summed E-state index contributed by atoms with van der Waals surface area (Å²) in [5, 5.41) is 1.15. The van der Waals surface area contributed by atoms with Gasteiger partial charge >= 0.3 is 0 Å². The minimum atomic E-state index is 0.404. The Bertz CT molecular complexity index is 149. The van der Waals surface area contributed by atoms with Gasteiger partial charge in [-0.3, -0.25) is 0 Å². The lowest BCUT2D eigenvalue weighted by Gasteiger charge is -1.99. The lowest BCUT2D eigenvalue weighted by atomic mass is 10.1. The number of ether oxygens (including phenoxy) is 2. The van der Waals surface area contributed by atoms with Crippen LogP contribution in [-0.4, -0.2) is 25.8 Å². The Hall–Kier alpha value is 0.140. The maximum absolute atomic E-state index is 5.18. The van der Waals surface area contributed by atoms with E-state index < -0.39 is 0 Å². The van der Waals surface area contributed by atoms with E-state index in [0.717, 1.165) is 18.4 Å². The molecule has 0 N–H and O–H groups in total. The summed E-state index contributed by atoms with van der Waals surface area (Å²) in [4.78, 5) is 0. The van der Waals surface area contributed by atoms with E-state index in [2.05, 4.69) is 28.1 Å². The fourth-order valence-corrected chi connectivity index (χ4v) is 1.81. The van der Waals surface area contributed by atoms with Gasteiger partial charge in [0, 0.05) is 12.4 Å². The van der Waals surface area contributed by atoms with Gasteiger partial charge in [0.25, 0.3) is 0 Å². The number of rotatable bonds is 12. The average molecular weight is 293 g/mol. The molecule has 0 aliphatic heterocycles. The fraction of sp³-hybridized carbons (Fsp3) is 0.846. The Kier molecular flexibility index (Phi) is 15.3. The summed E-state index contributed by atoms with van der Waals surface area (Å²) in [6.45, 7) is 1.16. The molecular formula is C13H25BrO2. The zero-order valence-electron chi connectivity index (χ0n) is 10.4. The average Bonchev–Trinajstić information content (AvgIpc) is 2.31. The van der Waals surface area contributed by atoms with Crippen LogP contribution in [0.3, 0.4) is 0 Å². The molecular weight excluding hydrogens is 268 g/mol. The van der Waals surface area contributed by atoms with Crippen LogP contribution in [0.25, 0.3) is 0 Å². The van der Waals surface area contributed by atoms with Crippen molar-refractivity contribution in [3.8, 4) is 0 Å². The number of alkyl halides is 1. The fourth-order valence-electron chi connectivity index (χ4n) is 1.42. The monoisotopic (exact) mass is 292 g/mol. The SMILES string of the molecule is COCOCCC=CCCCCCCCBr. The smallest absolute Gasteiger partial charge is 0.146 e. The third kappa shape index (κ3) is 14.1. The highest BCUT2D eigenvalue weighted by Crippen LogP contribution is 2.07. The number of unbranched alkanes of at least 4 members (excludes halogenated alkanes) is 5.